The number of hydrogen-bond acceptors (Lipinski definition) is 1. The fraction of sp³-hybridized carbons (Fsp3) is 0.300. The molecule has 1 aliphatic carbocycles. The van der Waals surface area contributed by atoms with Crippen LogP contribution in [0.1, 0.15) is 17.9 Å². The zero-order valence-electron chi connectivity index (χ0n) is 7.34. The third-order valence-corrected chi connectivity index (χ3v) is 2.86. The Bertz CT molecular complexity index is 373. The van der Waals surface area contributed by atoms with Crippen LogP contribution in [0.15, 0.2) is 18.2 Å². The van der Waals surface area contributed by atoms with Crippen LogP contribution in [-0.2, 0) is 4.79 Å². The molecular weight excluding hydrogens is 205 g/mol. The largest absolute Gasteiger partial charge is 0.369 e. The second kappa shape index (κ2) is 3.24. The van der Waals surface area contributed by atoms with Crippen molar-refractivity contribution in [2.75, 3.05) is 0 Å². The molecule has 14 heavy (non-hydrogen) atoms. The number of halogens is 2. The molecule has 1 saturated carbocycles. The van der Waals surface area contributed by atoms with Crippen LogP contribution in [-0.4, -0.2) is 5.91 Å². The zero-order valence-corrected chi connectivity index (χ0v) is 8.09. The van der Waals surface area contributed by atoms with Gasteiger partial charge in [0.05, 0.1) is 0 Å². The molecule has 4 heteroatoms. The molecule has 0 bridgehead atoms. The summed E-state index contributed by atoms with van der Waals surface area (Å²) in [6, 6.07) is 4.51. The summed E-state index contributed by atoms with van der Waals surface area (Å²) >= 11 is 5.84. The first-order valence-corrected chi connectivity index (χ1v) is 4.72. The van der Waals surface area contributed by atoms with Gasteiger partial charge >= 0.3 is 0 Å². The van der Waals surface area contributed by atoms with Gasteiger partial charge in [-0.1, -0.05) is 17.7 Å². The molecule has 0 heterocycles. The second-order valence-electron chi connectivity index (χ2n) is 3.49. The van der Waals surface area contributed by atoms with Crippen molar-refractivity contribution in [3.63, 3.8) is 0 Å². The average molecular weight is 214 g/mol. The van der Waals surface area contributed by atoms with Gasteiger partial charge in [-0.3, -0.25) is 4.79 Å². The van der Waals surface area contributed by atoms with E-state index in [-0.39, 0.29) is 23.6 Å². The minimum Gasteiger partial charge on any atom is -0.369 e. The molecule has 0 unspecified atom stereocenters. The normalized spacial score (nSPS) is 24.7. The second-order valence-corrected chi connectivity index (χ2v) is 3.89. The molecule has 1 aromatic carbocycles. The van der Waals surface area contributed by atoms with Crippen molar-refractivity contribution in [1.82, 2.24) is 0 Å². The van der Waals surface area contributed by atoms with E-state index in [1.54, 1.807) is 12.1 Å². The summed E-state index contributed by atoms with van der Waals surface area (Å²) in [5.74, 6) is -1.11. The highest BCUT2D eigenvalue weighted by Gasteiger charge is 2.45. The number of rotatable bonds is 2. The maximum absolute atomic E-state index is 13.3. The van der Waals surface area contributed by atoms with Crippen LogP contribution in [0, 0.1) is 11.7 Å². The highest BCUT2D eigenvalue weighted by atomic mass is 35.5. The molecule has 1 amide bonds. The maximum atomic E-state index is 13.3. The van der Waals surface area contributed by atoms with Crippen molar-refractivity contribution in [2.24, 2.45) is 11.7 Å². The van der Waals surface area contributed by atoms with E-state index >= 15 is 0 Å². The Hall–Kier alpha value is -1.09. The van der Waals surface area contributed by atoms with E-state index in [2.05, 4.69) is 0 Å². The van der Waals surface area contributed by atoms with E-state index in [9.17, 15) is 9.18 Å². The molecular formula is C10H9ClFNO. The fourth-order valence-corrected chi connectivity index (χ4v) is 2.00. The van der Waals surface area contributed by atoms with Gasteiger partial charge in [-0.15, -0.1) is 0 Å². The standard InChI is InChI=1S/C10H9ClFNO/c11-7-2-1-3-8(12)9(7)5-4-6(5)10(13)14/h1-3,5-6H,4H2,(H2,13,14)/t5-,6-/m0/s1. The highest BCUT2D eigenvalue weighted by Crippen LogP contribution is 2.50. The molecule has 2 atom stereocenters. The summed E-state index contributed by atoms with van der Waals surface area (Å²) in [6.07, 6.45) is 0.607. The van der Waals surface area contributed by atoms with Crippen LogP contribution < -0.4 is 5.73 Å². The van der Waals surface area contributed by atoms with Gasteiger partial charge in [0.25, 0.3) is 0 Å². The lowest BCUT2D eigenvalue weighted by atomic mass is 10.1. The number of amides is 1. The first-order valence-electron chi connectivity index (χ1n) is 4.34. The van der Waals surface area contributed by atoms with Crippen molar-refractivity contribution >= 4 is 17.5 Å². The quantitative estimate of drug-likeness (QED) is 0.803. The van der Waals surface area contributed by atoms with Crippen molar-refractivity contribution in [3.8, 4) is 0 Å². The predicted octanol–water partition coefficient (Wildman–Crippen LogP) is 2.07. The maximum Gasteiger partial charge on any atom is 0.221 e. The summed E-state index contributed by atoms with van der Waals surface area (Å²) in [5.41, 5.74) is 5.55. The Morgan fingerprint density at radius 1 is 1.57 bits per heavy atom. The Kier molecular flexibility index (Phi) is 2.19. The predicted molar refractivity (Wildman–Crippen MR) is 51.5 cm³/mol. The SMILES string of the molecule is NC(=O)[C@H]1C[C@@H]1c1c(F)cccc1Cl. The van der Waals surface area contributed by atoms with E-state index < -0.39 is 0 Å². The lowest BCUT2D eigenvalue weighted by Crippen LogP contribution is -2.13. The topological polar surface area (TPSA) is 43.1 Å². The lowest BCUT2D eigenvalue weighted by molar-refractivity contribution is -0.119. The van der Waals surface area contributed by atoms with Crippen LogP contribution >= 0.6 is 11.6 Å². The molecule has 74 valence electrons. The fourth-order valence-electron chi connectivity index (χ4n) is 1.69. The Balaban J connectivity index is 2.31. The summed E-state index contributed by atoms with van der Waals surface area (Å²) < 4.78 is 13.3. The zero-order chi connectivity index (χ0) is 10.3. The number of hydrogen-bond donors (Lipinski definition) is 1. The first kappa shape index (κ1) is 9.46. The lowest BCUT2D eigenvalue weighted by Gasteiger charge is -2.03. The van der Waals surface area contributed by atoms with Gasteiger partial charge in [0.2, 0.25) is 5.91 Å². The number of primary amides is 1. The molecule has 0 aliphatic heterocycles. The van der Waals surface area contributed by atoms with E-state index in [4.69, 9.17) is 17.3 Å². The molecule has 2 rings (SSSR count). The van der Waals surface area contributed by atoms with Gasteiger partial charge < -0.3 is 5.73 Å². The monoisotopic (exact) mass is 213 g/mol. The van der Waals surface area contributed by atoms with Crippen molar-refractivity contribution < 1.29 is 9.18 Å². The van der Waals surface area contributed by atoms with Gasteiger partial charge in [-0.05, 0) is 18.6 Å². The first-order chi connectivity index (χ1) is 6.61. The molecule has 1 aliphatic rings. The van der Waals surface area contributed by atoms with Gasteiger partial charge in [0, 0.05) is 22.4 Å². The minimum absolute atomic E-state index is 0.124. The molecule has 1 aromatic rings. The number of nitrogens with two attached hydrogens (primary N) is 1. The summed E-state index contributed by atoms with van der Waals surface area (Å²) in [4.78, 5) is 10.8. The smallest absolute Gasteiger partial charge is 0.221 e. The summed E-state index contributed by atoms with van der Waals surface area (Å²) in [7, 11) is 0. The van der Waals surface area contributed by atoms with Crippen LogP contribution in [0.25, 0.3) is 0 Å². The number of carbonyl (C=O) groups excluding carboxylic acids is 1. The van der Waals surface area contributed by atoms with E-state index in [0.717, 1.165) is 0 Å². The van der Waals surface area contributed by atoms with E-state index in [0.29, 0.717) is 17.0 Å². The van der Waals surface area contributed by atoms with Crippen LogP contribution in [0.4, 0.5) is 4.39 Å². The van der Waals surface area contributed by atoms with Gasteiger partial charge in [-0.25, -0.2) is 4.39 Å². The van der Waals surface area contributed by atoms with E-state index in [1.165, 1.54) is 6.07 Å². The van der Waals surface area contributed by atoms with Crippen molar-refractivity contribution in [1.29, 1.82) is 0 Å². The third kappa shape index (κ3) is 1.48. The minimum atomic E-state index is -0.380. The molecule has 2 nitrogen and oxygen atoms in total. The molecule has 0 spiro atoms. The highest BCUT2D eigenvalue weighted by molar-refractivity contribution is 6.31. The molecule has 1 fully saturated rings. The Morgan fingerprint density at radius 3 is 2.79 bits per heavy atom. The summed E-state index contributed by atoms with van der Waals surface area (Å²) in [6.45, 7) is 0. The van der Waals surface area contributed by atoms with Gasteiger partial charge in [0.1, 0.15) is 5.82 Å². The number of benzene rings is 1. The van der Waals surface area contributed by atoms with Crippen LogP contribution in [0.5, 0.6) is 0 Å². The van der Waals surface area contributed by atoms with Gasteiger partial charge in [-0.2, -0.15) is 0 Å². The molecule has 0 radical (unpaired) electrons. The Labute approximate surface area is 85.9 Å². The number of carbonyl (C=O) groups is 1. The Morgan fingerprint density at radius 2 is 2.29 bits per heavy atom. The molecule has 2 N–H and O–H groups in total. The van der Waals surface area contributed by atoms with Crippen LogP contribution in [0.3, 0.4) is 0 Å². The van der Waals surface area contributed by atoms with Crippen molar-refractivity contribution in [2.45, 2.75) is 12.3 Å². The molecule has 0 saturated heterocycles. The van der Waals surface area contributed by atoms with E-state index in [1.807, 2.05) is 0 Å². The average Bonchev–Trinajstić information content (AvgIpc) is 2.83. The molecule has 0 aromatic heterocycles. The third-order valence-electron chi connectivity index (χ3n) is 2.53. The van der Waals surface area contributed by atoms with Crippen molar-refractivity contribution in [3.05, 3.63) is 34.6 Å². The summed E-state index contributed by atoms with van der Waals surface area (Å²) in [5, 5.41) is 0.374. The van der Waals surface area contributed by atoms with Gasteiger partial charge in [0.15, 0.2) is 0 Å². The van der Waals surface area contributed by atoms with Crippen LogP contribution in [0.2, 0.25) is 5.02 Å².